The highest BCUT2D eigenvalue weighted by molar-refractivity contribution is 7.11. The van der Waals surface area contributed by atoms with Crippen LogP contribution in [0.1, 0.15) is 28.0 Å². The van der Waals surface area contributed by atoms with Crippen molar-refractivity contribution in [1.82, 2.24) is 4.90 Å². The van der Waals surface area contributed by atoms with E-state index < -0.39 is 5.97 Å². The average molecular weight is 343 g/mol. The first-order valence-electron chi connectivity index (χ1n) is 7.94. The maximum Gasteiger partial charge on any atom is 0.307 e. The summed E-state index contributed by atoms with van der Waals surface area (Å²) < 4.78 is 5.98. The molecule has 0 radical (unpaired) electrons. The average Bonchev–Trinajstić information content (AvgIpc) is 2.84. The van der Waals surface area contributed by atoms with Crippen LogP contribution < -0.4 is 4.74 Å². The smallest absolute Gasteiger partial charge is 0.307 e. The SMILES string of the molecule is CN(C)CCC=C1c2ccccc2OCc2c(CC(=O)O)csc21. The van der Waals surface area contributed by atoms with Crippen LogP contribution in [0.3, 0.4) is 0 Å². The van der Waals surface area contributed by atoms with E-state index in [9.17, 15) is 4.79 Å². The molecular weight excluding hydrogens is 322 g/mol. The van der Waals surface area contributed by atoms with E-state index in [2.05, 4.69) is 31.1 Å². The van der Waals surface area contributed by atoms with Crippen molar-refractivity contribution in [2.75, 3.05) is 20.6 Å². The molecule has 0 aliphatic carbocycles. The maximum absolute atomic E-state index is 11.1. The fourth-order valence-electron chi connectivity index (χ4n) is 2.87. The molecule has 24 heavy (non-hydrogen) atoms. The lowest BCUT2D eigenvalue weighted by Gasteiger charge is -2.10. The van der Waals surface area contributed by atoms with Crippen molar-refractivity contribution in [2.24, 2.45) is 0 Å². The van der Waals surface area contributed by atoms with Gasteiger partial charge in [0.2, 0.25) is 0 Å². The summed E-state index contributed by atoms with van der Waals surface area (Å²) in [7, 11) is 4.12. The third-order valence-corrected chi connectivity index (χ3v) is 5.15. The second-order valence-electron chi connectivity index (χ2n) is 6.13. The molecule has 2 heterocycles. The van der Waals surface area contributed by atoms with Crippen molar-refractivity contribution in [3.63, 3.8) is 0 Å². The van der Waals surface area contributed by atoms with E-state index in [4.69, 9.17) is 9.84 Å². The van der Waals surface area contributed by atoms with Crippen molar-refractivity contribution >= 4 is 22.9 Å². The highest BCUT2D eigenvalue weighted by atomic mass is 32.1. The van der Waals surface area contributed by atoms with Crippen LogP contribution in [0.25, 0.3) is 5.57 Å². The summed E-state index contributed by atoms with van der Waals surface area (Å²) in [6, 6.07) is 8.03. The third-order valence-electron chi connectivity index (χ3n) is 4.04. The molecular formula is C19H21NO3S. The molecule has 0 saturated carbocycles. The number of hydrogen-bond donors (Lipinski definition) is 1. The normalized spacial score (nSPS) is 14.9. The molecule has 0 spiro atoms. The van der Waals surface area contributed by atoms with Crippen LogP contribution in [-0.2, 0) is 17.8 Å². The van der Waals surface area contributed by atoms with Crippen molar-refractivity contribution in [3.05, 3.63) is 57.3 Å². The number of carboxylic acid groups (broad SMARTS) is 1. The maximum atomic E-state index is 11.1. The number of ether oxygens (including phenoxy) is 1. The second kappa shape index (κ2) is 7.20. The molecule has 0 unspecified atom stereocenters. The molecule has 5 heteroatoms. The summed E-state index contributed by atoms with van der Waals surface area (Å²) in [5.74, 6) is 0.0498. The first-order valence-corrected chi connectivity index (χ1v) is 8.82. The second-order valence-corrected chi connectivity index (χ2v) is 7.01. The number of rotatable bonds is 5. The van der Waals surface area contributed by atoms with Gasteiger partial charge in [0, 0.05) is 22.5 Å². The molecule has 1 aliphatic heterocycles. The summed E-state index contributed by atoms with van der Waals surface area (Å²) >= 11 is 1.61. The Labute approximate surface area is 146 Å². The van der Waals surface area contributed by atoms with E-state index in [1.807, 2.05) is 23.6 Å². The minimum Gasteiger partial charge on any atom is -0.488 e. The number of benzene rings is 1. The number of carboxylic acids is 1. The topological polar surface area (TPSA) is 49.8 Å². The van der Waals surface area contributed by atoms with Gasteiger partial charge < -0.3 is 14.7 Å². The zero-order chi connectivity index (χ0) is 17.1. The first-order chi connectivity index (χ1) is 11.6. The van der Waals surface area contributed by atoms with E-state index in [0.29, 0.717) is 6.61 Å². The van der Waals surface area contributed by atoms with Crippen molar-refractivity contribution in [1.29, 1.82) is 0 Å². The lowest BCUT2D eigenvalue weighted by Crippen LogP contribution is -2.12. The van der Waals surface area contributed by atoms with Crippen LogP contribution in [0.4, 0.5) is 0 Å². The van der Waals surface area contributed by atoms with Crippen LogP contribution in [0, 0.1) is 0 Å². The molecule has 1 N–H and O–H groups in total. The lowest BCUT2D eigenvalue weighted by molar-refractivity contribution is -0.136. The zero-order valence-electron chi connectivity index (χ0n) is 13.9. The van der Waals surface area contributed by atoms with E-state index in [0.717, 1.165) is 45.9 Å². The van der Waals surface area contributed by atoms with E-state index in [1.54, 1.807) is 11.3 Å². The molecule has 0 saturated heterocycles. The molecule has 126 valence electrons. The van der Waals surface area contributed by atoms with Crippen LogP contribution in [0.15, 0.2) is 35.7 Å². The number of nitrogens with zero attached hydrogens (tertiary/aromatic N) is 1. The molecule has 1 aromatic carbocycles. The van der Waals surface area contributed by atoms with Crippen molar-refractivity contribution in [2.45, 2.75) is 19.4 Å². The summed E-state index contributed by atoms with van der Waals surface area (Å²) in [5, 5.41) is 11.1. The Kier molecular flexibility index (Phi) is 5.02. The Balaban J connectivity index is 2.05. The fourth-order valence-corrected chi connectivity index (χ4v) is 4.01. The minimum absolute atomic E-state index is 0.0382. The van der Waals surface area contributed by atoms with Gasteiger partial charge in [-0.15, -0.1) is 11.3 Å². The van der Waals surface area contributed by atoms with Crippen LogP contribution in [0.5, 0.6) is 5.75 Å². The Morgan fingerprint density at radius 3 is 2.92 bits per heavy atom. The Bertz CT molecular complexity index is 777. The zero-order valence-corrected chi connectivity index (χ0v) is 14.7. The molecule has 0 bridgehead atoms. The Morgan fingerprint density at radius 1 is 1.38 bits per heavy atom. The standard InChI is InChI=1S/C19H21NO3S/c1-20(2)9-5-7-15-14-6-3-4-8-17(14)23-11-16-13(10-18(21)22)12-24-19(15)16/h3-4,6-8,12H,5,9-11H2,1-2H3,(H,21,22). The van der Waals surface area contributed by atoms with E-state index in [1.165, 1.54) is 0 Å². The molecule has 0 amide bonds. The number of carbonyl (C=O) groups is 1. The van der Waals surface area contributed by atoms with Gasteiger partial charge >= 0.3 is 5.97 Å². The first kappa shape index (κ1) is 16.7. The quantitative estimate of drug-likeness (QED) is 0.900. The fraction of sp³-hybridized carbons (Fsp3) is 0.316. The highest BCUT2D eigenvalue weighted by Crippen LogP contribution is 2.41. The van der Waals surface area contributed by atoms with E-state index in [-0.39, 0.29) is 6.42 Å². The number of aliphatic carboxylic acids is 1. The molecule has 1 aliphatic rings. The number of thiophene rings is 1. The molecule has 1 aromatic heterocycles. The van der Waals surface area contributed by atoms with Crippen LogP contribution in [0.2, 0.25) is 0 Å². The van der Waals surface area contributed by atoms with Gasteiger partial charge in [-0.1, -0.05) is 24.3 Å². The van der Waals surface area contributed by atoms with Gasteiger partial charge in [-0.3, -0.25) is 4.79 Å². The summed E-state index contributed by atoms with van der Waals surface area (Å²) in [6.07, 6.45) is 3.21. The summed E-state index contributed by atoms with van der Waals surface area (Å²) in [6.45, 7) is 1.39. The van der Waals surface area contributed by atoms with Crippen LogP contribution >= 0.6 is 11.3 Å². The van der Waals surface area contributed by atoms with Gasteiger partial charge in [0.1, 0.15) is 12.4 Å². The summed E-state index contributed by atoms with van der Waals surface area (Å²) in [4.78, 5) is 14.4. The molecule has 4 nitrogen and oxygen atoms in total. The molecule has 3 rings (SSSR count). The predicted octanol–water partition coefficient (Wildman–Crippen LogP) is 3.65. The van der Waals surface area contributed by atoms with Gasteiger partial charge in [-0.05, 0) is 43.1 Å². The molecule has 0 fully saturated rings. The minimum atomic E-state index is -0.810. The Hall–Kier alpha value is -2.11. The predicted molar refractivity (Wildman–Crippen MR) is 96.7 cm³/mol. The summed E-state index contributed by atoms with van der Waals surface area (Å²) in [5.41, 5.74) is 4.10. The van der Waals surface area contributed by atoms with Gasteiger partial charge in [0.05, 0.1) is 6.42 Å². The molecule has 0 atom stereocenters. The van der Waals surface area contributed by atoms with Gasteiger partial charge in [-0.2, -0.15) is 0 Å². The Morgan fingerprint density at radius 2 is 2.17 bits per heavy atom. The van der Waals surface area contributed by atoms with Crippen molar-refractivity contribution < 1.29 is 14.6 Å². The monoisotopic (exact) mass is 343 g/mol. The third kappa shape index (κ3) is 3.52. The van der Waals surface area contributed by atoms with Gasteiger partial charge in [0.15, 0.2) is 0 Å². The largest absolute Gasteiger partial charge is 0.488 e. The van der Waals surface area contributed by atoms with E-state index >= 15 is 0 Å². The molecule has 2 aromatic rings. The number of para-hydroxylation sites is 1. The van der Waals surface area contributed by atoms with Crippen molar-refractivity contribution in [3.8, 4) is 5.75 Å². The van der Waals surface area contributed by atoms with Crippen LogP contribution in [-0.4, -0.2) is 36.6 Å². The highest BCUT2D eigenvalue weighted by Gasteiger charge is 2.23. The van der Waals surface area contributed by atoms with Gasteiger partial charge in [0.25, 0.3) is 0 Å². The number of hydrogen-bond acceptors (Lipinski definition) is 4. The van der Waals surface area contributed by atoms with Gasteiger partial charge in [-0.25, -0.2) is 0 Å². The lowest BCUT2D eigenvalue weighted by atomic mass is 9.98. The number of fused-ring (bicyclic) bond motifs is 2.